The molecule has 4 nitrogen and oxygen atoms in total. The molecule has 1 aromatic heterocycles. The fourth-order valence-electron chi connectivity index (χ4n) is 1.74. The van der Waals surface area contributed by atoms with Crippen molar-refractivity contribution in [1.29, 1.82) is 0 Å². The van der Waals surface area contributed by atoms with E-state index in [-0.39, 0.29) is 5.75 Å². The number of ether oxygens (including phenoxy) is 1. The lowest BCUT2D eigenvalue weighted by molar-refractivity contribution is 0.272. The molecule has 0 aliphatic rings. The molecule has 0 saturated carbocycles. The minimum atomic E-state index is -0.459. The highest BCUT2D eigenvalue weighted by atomic mass is 35.5. The second kappa shape index (κ2) is 6.08. The SMILES string of the molecule is CN(C)CCCOc1cc2cc(Cl)ccc2oc1=O. The molecule has 0 saturated heterocycles. The quantitative estimate of drug-likeness (QED) is 0.624. The van der Waals surface area contributed by atoms with Crippen molar-refractivity contribution in [2.24, 2.45) is 0 Å². The van der Waals surface area contributed by atoms with Crippen molar-refractivity contribution in [2.75, 3.05) is 27.2 Å². The van der Waals surface area contributed by atoms with Crippen LogP contribution in [0.1, 0.15) is 6.42 Å². The highest BCUT2D eigenvalue weighted by Gasteiger charge is 2.06. The molecular formula is C14H16ClNO3. The summed E-state index contributed by atoms with van der Waals surface area (Å²) in [7, 11) is 3.98. The Hall–Kier alpha value is -1.52. The molecule has 0 bridgehead atoms. The van der Waals surface area contributed by atoms with E-state index in [9.17, 15) is 4.79 Å². The number of nitrogens with zero attached hydrogens (tertiary/aromatic N) is 1. The highest BCUT2D eigenvalue weighted by Crippen LogP contribution is 2.21. The summed E-state index contributed by atoms with van der Waals surface area (Å²) in [6.45, 7) is 1.39. The standard InChI is InChI=1S/C14H16ClNO3/c1-16(2)6-3-7-18-13-9-10-8-11(15)4-5-12(10)19-14(13)17/h4-5,8-9H,3,6-7H2,1-2H3. The van der Waals surface area contributed by atoms with E-state index in [0.717, 1.165) is 18.4 Å². The molecule has 0 unspecified atom stereocenters. The van der Waals surface area contributed by atoms with Crippen molar-refractivity contribution in [1.82, 2.24) is 4.90 Å². The van der Waals surface area contributed by atoms with Gasteiger partial charge in [0.05, 0.1) is 6.61 Å². The van der Waals surface area contributed by atoms with Gasteiger partial charge in [-0.25, -0.2) is 4.79 Å². The number of halogens is 1. The Balaban J connectivity index is 2.14. The molecule has 1 heterocycles. The van der Waals surface area contributed by atoms with Crippen LogP contribution in [0.15, 0.2) is 33.5 Å². The summed E-state index contributed by atoms with van der Waals surface area (Å²) in [5, 5.41) is 1.36. The second-order valence-corrected chi connectivity index (χ2v) is 5.02. The third-order valence-electron chi connectivity index (χ3n) is 2.67. The summed E-state index contributed by atoms with van der Waals surface area (Å²) in [5.41, 5.74) is 0.0507. The summed E-state index contributed by atoms with van der Waals surface area (Å²) < 4.78 is 10.6. The van der Waals surface area contributed by atoms with Crippen LogP contribution in [0.4, 0.5) is 0 Å². The van der Waals surface area contributed by atoms with Gasteiger partial charge in [-0.1, -0.05) is 11.6 Å². The Morgan fingerprint density at radius 2 is 2.11 bits per heavy atom. The van der Waals surface area contributed by atoms with Gasteiger partial charge in [-0.3, -0.25) is 0 Å². The lowest BCUT2D eigenvalue weighted by atomic mass is 10.2. The molecule has 0 aliphatic heterocycles. The van der Waals surface area contributed by atoms with Gasteiger partial charge in [0.15, 0.2) is 0 Å². The fourth-order valence-corrected chi connectivity index (χ4v) is 1.92. The number of hydrogen-bond acceptors (Lipinski definition) is 4. The number of rotatable bonds is 5. The minimum Gasteiger partial charge on any atom is -0.486 e. The van der Waals surface area contributed by atoms with Gasteiger partial charge in [0.25, 0.3) is 0 Å². The van der Waals surface area contributed by atoms with Gasteiger partial charge in [-0.2, -0.15) is 0 Å². The lowest BCUT2D eigenvalue weighted by Gasteiger charge is -2.09. The van der Waals surface area contributed by atoms with Crippen LogP contribution in [0.5, 0.6) is 5.75 Å². The normalized spacial score (nSPS) is 11.2. The first-order valence-corrected chi connectivity index (χ1v) is 6.45. The first-order valence-electron chi connectivity index (χ1n) is 6.07. The predicted octanol–water partition coefficient (Wildman–Crippen LogP) is 2.78. The van der Waals surface area contributed by atoms with E-state index in [0.29, 0.717) is 17.2 Å². The van der Waals surface area contributed by atoms with E-state index in [1.807, 2.05) is 14.1 Å². The average Bonchev–Trinajstić information content (AvgIpc) is 2.35. The molecule has 0 aliphatic carbocycles. The van der Waals surface area contributed by atoms with E-state index in [1.54, 1.807) is 24.3 Å². The van der Waals surface area contributed by atoms with E-state index >= 15 is 0 Å². The van der Waals surface area contributed by atoms with Crippen molar-refractivity contribution in [3.63, 3.8) is 0 Å². The van der Waals surface area contributed by atoms with Gasteiger partial charge in [0.1, 0.15) is 5.58 Å². The molecule has 19 heavy (non-hydrogen) atoms. The van der Waals surface area contributed by atoms with Crippen LogP contribution in [0.25, 0.3) is 11.0 Å². The van der Waals surface area contributed by atoms with Crippen molar-refractivity contribution >= 4 is 22.6 Å². The summed E-state index contributed by atoms with van der Waals surface area (Å²) >= 11 is 5.91. The van der Waals surface area contributed by atoms with E-state index < -0.39 is 5.63 Å². The van der Waals surface area contributed by atoms with E-state index in [4.69, 9.17) is 20.8 Å². The summed E-state index contributed by atoms with van der Waals surface area (Å²) in [4.78, 5) is 13.8. The lowest BCUT2D eigenvalue weighted by Crippen LogP contribution is -2.16. The molecule has 2 aromatic rings. The molecule has 5 heteroatoms. The maximum atomic E-state index is 11.7. The second-order valence-electron chi connectivity index (χ2n) is 4.59. The van der Waals surface area contributed by atoms with Crippen LogP contribution in [-0.4, -0.2) is 32.1 Å². The molecule has 1 aromatic carbocycles. The average molecular weight is 282 g/mol. The third kappa shape index (κ3) is 3.72. The molecule has 2 rings (SSSR count). The molecule has 102 valence electrons. The monoisotopic (exact) mass is 281 g/mol. The maximum Gasteiger partial charge on any atom is 0.379 e. The fraction of sp³-hybridized carbons (Fsp3) is 0.357. The molecule has 0 spiro atoms. The summed E-state index contributed by atoms with van der Waals surface area (Å²) in [6.07, 6.45) is 0.847. The molecule has 0 amide bonds. The zero-order valence-electron chi connectivity index (χ0n) is 11.0. The maximum absolute atomic E-state index is 11.7. The summed E-state index contributed by atoms with van der Waals surface area (Å²) in [5.74, 6) is 0.230. The Labute approximate surface area is 116 Å². The van der Waals surface area contributed by atoms with Gasteiger partial charge in [-0.05, 0) is 44.8 Å². The number of fused-ring (bicyclic) bond motifs is 1. The van der Waals surface area contributed by atoms with Gasteiger partial charge in [0, 0.05) is 17.0 Å². The van der Waals surface area contributed by atoms with Crippen LogP contribution in [0.2, 0.25) is 5.02 Å². The molecular weight excluding hydrogens is 266 g/mol. The van der Waals surface area contributed by atoms with E-state index in [1.165, 1.54) is 0 Å². The van der Waals surface area contributed by atoms with Crippen LogP contribution in [0.3, 0.4) is 0 Å². The zero-order valence-corrected chi connectivity index (χ0v) is 11.7. The van der Waals surface area contributed by atoms with Gasteiger partial charge in [-0.15, -0.1) is 0 Å². The molecule has 0 atom stereocenters. The van der Waals surface area contributed by atoms with Crippen molar-refractivity contribution in [3.8, 4) is 5.75 Å². The van der Waals surface area contributed by atoms with Crippen LogP contribution < -0.4 is 10.4 Å². The largest absolute Gasteiger partial charge is 0.486 e. The zero-order chi connectivity index (χ0) is 13.8. The van der Waals surface area contributed by atoms with Gasteiger partial charge in [0.2, 0.25) is 5.75 Å². The Kier molecular flexibility index (Phi) is 4.45. The highest BCUT2D eigenvalue weighted by molar-refractivity contribution is 6.31. The van der Waals surface area contributed by atoms with Gasteiger partial charge >= 0.3 is 5.63 Å². The number of hydrogen-bond donors (Lipinski definition) is 0. The van der Waals surface area contributed by atoms with Crippen LogP contribution >= 0.6 is 11.6 Å². The van der Waals surface area contributed by atoms with Gasteiger partial charge < -0.3 is 14.1 Å². The Morgan fingerprint density at radius 3 is 2.84 bits per heavy atom. The van der Waals surface area contributed by atoms with Crippen LogP contribution in [-0.2, 0) is 0 Å². The molecule has 0 N–H and O–H groups in total. The third-order valence-corrected chi connectivity index (χ3v) is 2.90. The van der Waals surface area contributed by atoms with Crippen molar-refractivity contribution in [3.05, 3.63) is 39.7 Å². The first kappa shape index (κ1) is 13.9. The Bertz CT molecular complexity index is 622. The first-order chi connectivity index (χ1) is 9.06. The van der Waals surface area contributed by atoms with E-state index in [2.05, 4.69) is 4.90 Å². The van der Waals surface area contributed by atoms with Crippen molar-refractivity contribution in [2.45, 2.75) is 6.42 Å². The number of benzene rings is 1. The smallest absolute Gasteiger partial charge is 0.379 e. The minimum absolute atomic E-state index is 0.230. The Morgan fingerprint density at radius 1 is 1.32 bits per heavy atom. The topological polar surface area (TPSA) is 42.7 Å². The molecule has 0 radical (unpaired) electrons. The van der Waals surface area contributed by atoms with Crippen molar-refractivity contribution < 1.29 is 9.15 Å². The summed E-state index contributed by atoms with van der Waals surface area (Å²) in [6, 6.07) is 6.77. The van der Waals surface area contributed by atoms with Crippen LogP contribution in [0, 0.1) is 0 Å². The molecule has 0 fully saturated rings. The predicted molar refractivity (Wildman–Crippen MR) is 76.2 cm³/mol.